The van der Waals surface area contributed by atoms with E-state index in [4.69, 9.17) is 0 Å². The zero-order valence-electron chi connectivity index (χ0n) is 9.81. The monoisotopic (exact) mass is 213 g/mol. The molecule has 82 valence electrons. The Hall–Kier alpha value is -1.90. The average Bonchev–Trinajstić information content (AvgIpc) is 2.74. The van der Waals surface area contributed by atoms with Crippen LogP contribution in [0.25, 0.3) is 0 Å². The maximum Gasteiger partial charge on any atom is 0.0570 e. The van der Waals surface area contributed by atoms with Crippen molar-refractivity contribution in [2.24, 2.45) is 5.10 Å². The Bertz CT molecular complexity index is 510. The lowest BCUT2D eigenvalue weighted by Crippen LogP contribution is -1.95. The second kappa shape index (κ2) is 4.31. The van der Waals surface area contributed by atoms with Gasteiger partial charge in [-0.15, -0.1) is 0 Å². The molecular formula is C13H15N3. The van der Waals surface area contributed by atoms with Gasteiger partial charge >= 0.3 is 0 Å². The zero-order chi connectivity index (χ0) is 11.5. The molecule has 0 spiro atoms. The summed E-state index contributed by atoms with van der Waals surface area (Å²) in [6.45, 7) is 6.33. The number of benzene rings is 1. The summed E-state index contributed by atoms with van der Waals surface area (Å²) in [4.78, 5) is 1.55. The van der Waals surface area contributed by atoms with E-state index in [0.29, 0.717) is 0 Å². The van der Waals surface area contributed by atoms with E-state index >= 15 is 0 Å². The van der Waals surface area contributed by atoms with Crippen molar-refractivity contribution in [2.75, 3.05) is 0 Å². The van der Waals surface area contributed by atoms with Crippen LogP contribution in [0.15, 0.2) is 35.7 Å². The third-order valence-electron chi connectivity index (χ3n) is 2.69. The Balaban J connectivity index is 2.31. The fourth-order valence-corrected chi connectivity index (χ4v) is 1.57. The first-order valence-electron chi connectivity index (χ1n) is 5.28. The summed E-state index contributed by atoms with van der Waals surface area (Å²) in [6, 6.07) is 6.18. The lowest BCUT2D eigenvalue weighted by molar-refractivity contribution is 0.745. The first-order chi connectivity index (χ1) is 7.66. The number of nitrogens with zero attached hydrogens (tertiary/aromatic N) is 3. The second-order valence-electron chi connectivity index (χ2n) is 3.96. The van der Waals surface area contributed by atoms with Gasteiger partial charge in [-0.25, -0.2) is 0 Å². The highest BCUT2D eigenvalue weighted by molar-refractivity contribution is 5.82. The maximum absolute atomic E-state index is 4.25. The molecule has 0 aliphatic carbocycles. The molecule has 16 heavy (non-hydrogen) atoms. The van der Waals surface area contributed by atoms with Gasteiger partial charge in [-0.1, -0.05) is 6.07 Å². The molecule has 1 aromatic carbocycles. The number of aryl methyl sites for hydroxylation is 3. The van der Waals surface area contributed by atoms with E-state index in [1.54, 1.807) is 11.0 Å². The summed E-state index contributed by atoms with van der Waals surface area (Å²) < 4.78 is 0. The van der Waals surface area contributed by atoms with Crippen LogP contribution in [0.4, 0.5) is 0 Å². The number of hydrogen-bond donors (Lipinski definition) is 0. The molecule has 3 nitrogen and oxygen atoms in total. The largest absolute Gasteiger partial charge is 0.159 e. The van der Waals surface area contributed by atoms with E-state index in [-0.39, 0.29) is 0 Å². The van der Waals surface area contributed by atoms with Crippen molar-refractivity contribution in [2.45, 2.75) is 20.8 Å². The van der Waals surface area contributed by atoms with Crippen LogP contribution < -0.4 is 0 Å². The van der Waals surface area contributed by atoms with E-state index in [1.807, 2.05) is 18.5 Å². The summed E-state index contributed by atoms with van der Waals surface area (Å²) in [5.41, 5.74) is 4.97. The van der Waals surface area contributed by atoms with Crippen molar-refractivity contribution in [1.29, 1.82) is 0 Å². The van der Waals surface area contributed by atoms with Crippen LogP contribution in [-0.4, -0.2) is 16.1 Å². The minimum absolute atomic E-state index is 1.14. The molecule has 2 rings (SSSR count). The Kier molecular flexibility index (Phi) is 2.86. The topological polar surface area (TPSA) is 30.2 Å². The Labute approximate surface area is 95.4 Å². The second-order valence-corrected chi connectivity index (χ2v) is 3.96. The minimum atomic E-state index is 1.14. The van der Waals surface area contributed by atoms with Crippen molar-refractivity contribution < 1.29 is 0 Å². The molecule has 0 bridgehead atoms. The summed E-state index contributed by atoms with van der Waals surface area (Å²) in [7, 11) is 0. The van der Waals surface area contributed by atoms with E-state index in [9.17, 15) is 0 Å². The number of rotatable bonds is 2. The molecule has 0 fully saturated rings. The number of aromatic nitrogens is 2. The standard InChI is InChI=1S/C13H15N3/c1-10-7-12(3)13(8-11(10)2)9-15-16-6-4-5-14-16/h4-9H,1-3H3/b15-9+. The third kappa shape index (κ3) is 2.19. The van der Waals surface area contributed by atoms with Gasteiger partial charge in [0.05, 0.1) is 18.6 Å². The predicted octanol–water partition coefficient (Wildman–Crippen LogP) is 2.69. The van der Waals surface area contributed by atoms with Gasteiger partial charge in [0.2, 0.25) is 0 Å². The first kappa shape index (κ1) is 10.6. The van der Waals surface area contributed by atoms with Gasteiger partial charge in [-0.05, 0) is 55.2 Å². The summed E-state index contributed by atoms with van der Waals surface area (Å²) in [5, 5.41) is 8.27. The van der Waals surface area contributed by atoms with Crippen molar-refractivity contribution in [3.63, 3.8) is 0 Å². The molecule has 0 amide bonds. The van der Waals surface area contributed by atoms with Crippen molar-refractivity contribution >= 4 is 6.21 Å². The van der Waals surface area contributed by atoms with Crippen LogP contribution in [0, 0.1) is 20.8 Å². The van der Waals surface area contributed by atoms with Crippen molar-refractivity contribution in [3.8, 4) is 0 Å². The quantitative estimate of drug-likeness (QED) is 0.705. The third-order valence-corrected chi connectivity index (χ3v) is 2.69. The smallest absolute Gasteiger partial charge is 0.0570 e. The molecule has 0 radical (unpaired) electrons. The molecule has 0 aliphatic rings. The van der Waals surface area contributed by atoms with E-state index in [0.717, 1.165) is 5.56 Å². The normalized spacial score (nSPS) is 11.2. The molecule has 0 saturated carbocycles. The van der Waals surface area contributed by atoms with Gasteiger partial charge in [0.25, 0.3) is 0 Å². The molecule has 1 aromatic heterocycles. The van der Waals surface area contributed by atoms with Crippen LogP contribution in [0.3, 0.4) is 0 Å². The minimum Gasteiger partial charge on any atom is -0.159 e. The fourth-order valence-electron chi connectivity index (χ4n) is 1.57. The molecule has 1 heterocycles. The molecular weight excluding hydrogens is 198 g/mol. The lowest BCUT2D eigenvalue weighted by Gasteiger charge is -2.05. The van der Waals surface area contributed by atoms with E-state index in [1.165, 1.54) is 16.7 Å². The molecule has 0 aliphatic heterocycles. The Morgan fingerprint density at radius 3 is 2.56 bits per heavy atom. The molecule has 0 unspecified atom stereocenters. The van der Waals surface area contributed by atoms with E-state index in [2.05, 4.69) is 43.1 Å². The van der Waals surface area contributed by atoms with Gasteiger partial charge in [-0.3, -0.25) is 0 Å². The number of hydrogen-bond acceptors (Lipinski definition) is 2. The Morgan fingerprint density at radius 1 is 1.12 bits per heavy atom. The van der Waals surface area contributed by atoms with Gasteiger partial charge < -0.3 is 0 Å². The predicted molar refractivity (Wildman–Crippen MR) is 65.9 cm³/mol. The fraction of sp³-hybridized carbons (Fsp3) is 0.231. The SMILES string of the molecule is Cc1cc(C)c(/C=N/n2cccn2)cc1C. The average molecular weight is 213 g/mol. The van der Waals surface area contributed by atoms with Crippen molar-refractivity contribution in [3.05, 3.63) is 52.8 Å². The molecule has 2 aromatic rings. The van der Waals surface area contributed by atoms with Gasteiger partial charge in [0, 0.05) is 0 Å². The lowest BCUT2D eigenvalue weighted by atomic mass is 10.0. The highest BCUT2D eigenvalue weighted by atomic mass is 15.5. The highest BCUT2D eigenvalue weighted by Crippen LogP contribution is 2.13. The maximum atomic E-state index is 4.25. The van der Waals surface area contributed by atoms with Gasteiger partial charge in [0.15, 0.2) is 0 Å². The van der Waals surface area contributed by atoms with Crippen molar-refractivity contribution in [1.82, 2.24) is 9.89 Å². The molecule has 0 atom stereocenters. The van der Waals surface area contributed by atoms with Crippen LogP contribution >= 0.6 is 0 Å². The van der Waals surface area contributed by atoms with Crippen LogP contribution in [-0.2, 0) is 0 Å². The first-order valence-corrected chi connectivity index (χ1v) is 5.28. The Morgan fingerprint density at radius 2 is 1.88 bits per heavy atom. The van der Waals surface area contributed by atoms with Gasteiger partial charge in [0.1, 0.15) is 0 Å². The molecule has 0 saturated heterocycles. The highest BCUT2D eigenvalue weighted by Gasteiger charge is 1.99. The molecule has 0 N–H and O–H groups in total. The summed E-state index contributed by atoms with van der Waals surface area (Å²) >= 11 is 0. The van der Waals surface area contributed by atoms with Crippen LogP contribution in [0.1, 0.15) is 22.3 Å². The van der Waals surface area contributed by atoms with E-state index < -0.39 is 0 Å². The summed E-state index contributed by atoms with van der Waals surface area (Å²) in [6.07, 6.45) is 5.37. The summed E-state index contributed by atoms with van der Waals surface area (Å²) in [5.74, 6) is 0. The van der Waals surface area contributed by atoms with Crippen LogP contribution in [0.2, 0.25) is 0 Å². The zero-order valence-corrected chi connectivity index (χ0v) is 9.81. The van der Waals surface area contributed by atoms with Gasteiger partial charge in [-0.2, -0.15) is 15.0 Å². The molecule has 3 heteroatoms. The van der Waals surface area contributed by atoms with Crippen LogP contribution in [0.5, 0.6) is 0 Å².